The van der Waals surface area contributed by atoms with E-state index in [2.05, 4.69) is 126 Å². The van der Waals surface area contributed by atoms with Crippen LogP contribution in [0.3, 0.4) is 0 Å². The molecule has 2 aliphatic carbocycles. The summed E-state index contributed by atoms with van der Waals surface area (Å²) in [4.78, 5) is 0. The number of hydrogen-bond donors (Lipinski definition) is 0. The molecule has 0 heterocycles. The van der Waals surface area contributed by atoms with Crippen LogP contribution in [0.4, 0.5) is 0 Å². The molecule has 0 saturated carbocycles. The molecule has 0 bridgehead atoms. The van der Waals surface area contributed by atoms with Gasteiger partial charge < -0.3 is 24.8 Å². The van der Waals surface area contributed by atoms with Crippen LogP contribution in [0, 0.1) is 21.8 Å². The van der Waals surface area contributed by atoms with Gasteiger partial charge in [0.25, 0.3) is 0 Å². The van der Waals surface area contributed by atoms with Crippen molar-refractivity contribution in [1.29, 1.82) is 0 Å². The maximum atomic E-state index is 3.87. The molecule has 0 spiro atoms. The number of rotatable bonds is 1. The van der Waals surface area contributed by atoms with Crippen molar-refractivity contribution in [2.75, 3.05) is 0 Å². The van der Waals surface area contributed by atoms with Crippen LogP contribution in [0.5, 0.6) is 0 Å². The first-order chi connectivity index (χ1) is 15.5. The molecule has 3 heteroatoms. The maximum absolute atomic E-state index is 3.87. The Balaban J connectivity index is 0.00000228. The number of halogens is 2. The third kappa shape index (κ3) is 6.31. The van der Waals surface area contributed by atoms with E-state index in [0.29, 0.717) is 5.92 Å². The molecule has 1 radical (unpaired) electrons. The molecule has 2 aromatic carbocycles. The SMILES string of the molecule is CC(C)=c1c(C(C)(C)C)cc2c(c1C1=CC(C(C)(C)C)=CC1C)[C-]=c1ccc(C(C)(C)C)cc1=2.[Cl-].[Cl-].[Zr+3]. The zero-order chi connectivity index (χ0) is 25.4. The van der Waals surface area contributed by atoms with E-state index in [4.69, 9.17) is 0 Å². The smallest absolute Gasteiger partial charge is 1.00 e. The van der Waals surface area contributed by atoms with Gasteiger partial charge >= 0.3 is 26.2 Å². The number of allylic oxidation sites excluding steroid dienone is 4. The summed E-state index contributed by atoms with van der Waals surface area (Å²) >= 11 is 0. The minimum absolute atomic E-state index is 0. The fraction of sp³-hybridized carbons (Fsp3) is 0.471. The molecule has 0 nitrogen and oxygen atoms in total. The molecule has 2 aliphatic rings. The van der Waals surface area contributed by atoms with Crippen LogP contribution in [-0.2, 0) is 37.0 Å². The predicted octanol–water partition coefficient (Wildman–Crippen LogP) is 1.79. The first-order valence-electron chi connectivity index (χ1n) is 12.9. The monoisotopic (exact) mass is 611 g/mol. The van der Waals surface area contributed by atoms with Gasteiger partial charge in [-0.05, 0) is 52.4 Å². The van der Waals surface area contributed by atoms with Gasteiger partial charge in [-0.3, -0.25) is 0 Å². The Morgan fingerprint density at radius 2 is 1.38 bits per heavy atom. The van der Waals surface area contributed by atoms with Crippen LogP contribution >= 0.6 is 0 Å². The largest absolute Gasteiger partial charge is 3.00 e. The van der Waals surface area contributed by atoms with Crippen LogP contribution in [0.15, 0.2) is 42.0 Å². The van der Waals surface area contributed by atoms with E-state index in [9.17, 15) is 0 Å². The molecule has 0 N–H and O–H groups in total. The molecule has 1 atom stereocenters. The Kier molecular flexibility index (Phi) is 10.4. The van der Waals surface area contributed by atoms with Gasteiger partial charge in [-0.1, -0.05) is 122 Å². The Bertz CT molecular complexity index is 1460. The first-order valence-corrected chi connectivity index (χ1v) is 12.9. The van der Waals surface area contributed by atoms with Gasteiger partial charge in [0.05, 0.1) is 0 Å². The molecule has 0 aromatic heterocycles. The van der Waals surface area contributed by atoms with Crippen LogP contribution in [0.25, 0.3) is 17.2 Å². The van der Waals surface area contributed by atoms with Crippen LogP contribution in [0.1, 0.15) is 105 Å². The van der Waals surface area contributed by atoms with Gasteiger partial charge in [0, 0.05) is 0 Å². The fourth-order valence-electron chi connectivity index (χ4n) is 5.37. The first kappa shape index (κ1) is 34.2. The summed E-state index contributed by atoms with van der Waals surface area (Å²) in [7, 11) is 0. The molecular weight excluding hydrogens is 571 g/mol. The standard InChI is InChI=1S/C34H43.2ClH.Zr/c1-20(2)30-29(34(10,11)12)19-27-26-17-23(32(4,5)6)14-13-22(26)16-28(27)31(30)25-18-24(15-21(25)3)33(7,8)9;;;/h13-15,17-19,21H,1-12H3;2*1H;/q-1;;;+3/p-2. The van der Waals surface area contributed by atoms with Crippen molar-refractivity contribution in [1.82, 2.24) is 0 Å². The predicted molar refractivity (Wildman–Crippen MR) is 149 cm³/mol. The second-order valence-corrected chi connectivity index (χ2v) is 13.7. The van der Waals surface area contributed by atoms with Gasteiger partial charge in [0.2, 0.25) is 0 Å². The summed E-state index contributed by atoms with van der Waals surface area (Å²) in [6.45, 7) is 27.8. The summed E-state index contributed by atoms with van der Waals surface area (Å²) in [5.41, 5.74) is 10.1. The minimum atomic E-state index is 0. The summed E-state index contributed by atoms with van der Waals surface area (Å²) < 4.78 is 0. The van der Waals surface area contributed by atoms with E-state index in [0.717, 1.165) is 0 Å². The molecule has 37 heavy (non-hydrogen) atoms. The number of hydrogen-bond acceptors (Lipinski definition) is 0. The molecular formula is C34H43Cl2Zr. The van der Waals surface area contributed by atoms with E-state index >= 15 is 0 Å². The molecule has 0 aliphatic heterocycles. The van der Waals surface area contributed by atoms with Gasteiger partial charge in [-0.2, -0.15) is 0 Å². The summed E-state index contributed by atoms with van der Waals surface area (Å²) in [5.74, 6) is 0.391. The summed E-state index contributed by atoms with van der Waals surface area (Å²) in [6, 6.07) is 9.46. The van der Waals surface area contributed by atoms with E-state index in [1.807, 2.05) is 0 Å². The van der Waals surface area contributed by atoms with E-state index in [1.54, 1.807) is 0 Å². The van der Waals surface area contributed by atoms with Crippen molar-refractivity contribution in [3.05, 3.63) is 85.1 Å². The van der Waals surface area contributed by atoms with Crippen molar-refractivity contribution in [2.24, 2.45) is 11.3 Å². The quantitative estimate of drug-likeness (QED) is 0.368. The van der Waals surface area contributed by atoms with Gasteiger partial charge in [0.1, 0.15) is 0 Å². The molecule has 2 aromatic rings. The molecule has 0 fully saturated rings. The van der Waals surface area contributed by atoms with Gasteiger partial charge in [0.15, 0.2) is 0 Å². The average Bonchev–Trinajstić information content (AvgIpc) is 3.24. The average molecular weight is 614 g/mol. The maximum Gasteiger partial charge on any atom is 3.00 e. The Morgan fingerprint density at radius 1 is 0.784 bits per heavy atom. The third-order valence-electron chi connectivity index (χ3n) is 7.46. The van der Waals surface area contributed by atoms with Crippen molar-refractivity contribution in [3.8, 4) is 0 Å². The van der Waals surface area contributed by atoms with E-state index in [-0.39, 0.29) is 67.3 Å². The Hall–Kier alpha value is -0.877. The Labute approximate surface area is 257 Å². The topological polar surface area (TPSA) is 0 Å². The summed E-state index contributed by atoms with van der Waals surface area (Å²) in [6.07, 6.45) is 8.82. The van der Waals surface area contributed by atoms with Crippen molar-refractivity contribution < 1.29 is 51.0 Å². The van der Waals surface area contributed by atoms with Crippen molar-refractivity contribution in [2.45, 2.75) is 93.9 Å². The van der Waals surface area contributed by atoms with Crippen LogP contribution in [-0.4, -0.2) is 0 Å². The van der Waals surface area contributed by atoms with E-state index < -0.39 is 0 Å². The van der Waals surface area contributed by atoms with Crippen LogP contribution < -0.4 is 35.3 Å². The fourth-order valence-corrected chi connectivity index (χ4v) is 5.37. The summed E-state index contributed by atoms with van der Waals surface area (Å²) in [5, 5.41) is 5.34. The van der Waals surface area contributed by atoms with E-state index in [1.165, 1.54) is 59.8 Å². The molecule has 4 rings (SSSR count). The van der Waals surface area contributed by atoms with Crippen molar-refractivity contribution in [3.63, 3.8) is 0 Å². The van der Waals surface area contributed by atoms with Gasteiger partial charge in [-0.25, -0.2) is 0 Å². The normalized spacial score (nSPS) is 16.3. The van der Waals surface area contributed by atoms with Crippen molar-refractivity contribution >= 4 is 17.2 Å². The zero-order valence-corrected chi connectivity index (χ0v) is 28.8. The minimum Gasteiger partial charge on any atom is -1.00 e. The third-order valence-corrected chi connectivity index (χ3v) is 7.46. The second kappa shape index (κ2) is 11.3. The zero-order valence-electron chi connectivity index (χ0n) is 24.8. The number of fused-ring (bicyclic) bond motifs is 2. The molecule has 197 valence electrons. The molecule has 1 unspecified atom stereocenters. The Morgan fingerprint density at radius 3 is 1.84 bits per heavy atom. The molecule has 0 saturated heterocycles. The second-order valence-electron chi connectivity index (χ2n) is 13.7. The number of benzene rings is 2. The van der Waals surface area contributed by atoms with Crippen LogP contribution in [0.2, 0.25) is 0 Å². The van der Waals surface area contributed by atoms with Gasteiger partial charge in [-0.15, -0.1) is 33.4 Å². The molecule has 0 amide bonds.